The minimum atomic E-state index is -3.29. The summed E-state index contributed by atoms with van der Waals surface area (Å²) in [6.07, 6.45) is 2.73. The number of hydrogen-bond acceptors (Lipinski definition) is 6. The van der Waals surface area contributed by atoms with Crippen LogP contribution in [0.2, 0.25) is 0 Å². The third-order valence-corrected chi connectivity index (χ3v) is 5.38. The highest BCUT2D eigenvalue weighted by molar-refractivity contribution is 7.90. The normalized spacial score (nSPS) is 11.9. The van der Waals surface area contributed by atoms with E-state index in [9.17, 15) is 13.2 Å². The quantitative estimate of drug-likeness (QED) is 0.674. The van der Waals surface area contributed by atoms with Crippen molar-refractivity contribution in [3.63, 3.8) is 0 Å². The molecule has 3 aromatic rings. The zero-order valence-electron chi connectivity index (χ0n) is 15.6. The molecule has 0 atom stereocenters. The van der Waals surface area contributed by atoms with Crippen molar-refractivity contribution in [3.8, 4) is 11.3 Å². The van der Waals surface area contributed by atoms with Crippen LogP contribution in [0, 0.1) is 0 Å². The minimum absolute atomic E-state index is 0.0132. The van der Waals surface area contributed by atoms with E-state index in [-0.39, 0.29) is 17.4 Å². The van der Waals surface area contributed by atoms with Gasteiger partial charge in [-0.3, -0.25) is 5.10 Å². The molecule has 1 N–H and O–H groups in total. The molecule has 2 heterocycles. The second-order valence-electron chi connectivity index (χ2n) is 6.55. The van der Waals surface area contributed by atoms with E-state index in [1.54, 1.807) is 25.3 Å². The molecule has 2 aromatic heterocycles. The van der Waals surface area contributed by atoms with Gasteiger partial charge in [0.15, 0.2) is 15.5 Å². The van der Waals surface area contributed by atoms with Crippen LogP contribution in [0.1, 0.15) is 42.6 Å². The maximum absolute atomic E-state index is 12.7. The molecule has 3 rings (SSSR count). The van der Waals surface area contributed by atoms with Gasteiger partial charge in [-0.1, -0.05) is 26.0 Å². The first-order chi connectivity index (χ1) is 12.7. The second-order valence-corrected chi connectivity index (χ2v) is 8.57. The maximum Gasteiger partial charge on any atom is 0.339 e. The Balaban J connectivity index is 2.29. The molecule has 0 fully saturated rings. The van der Waals surface area contributed by atoms with Gasteiger partial charge in [-0.2, -0.15) is 5.10 Å². The molecule has 0 aliphatic rings. The fourth-order valence-electron chi connectivity index (χ4n) is 3.05. The topological polar surface area (TPSA) is 102 Å². The monoisotopic (exact) mass is 387 g/mol. The summed E-state index contributed by atoms with van der Waals surface area (Å²) in [7, 11) is -3.29. The summed E-state index contributed by atoms with van der Waals surface area (Å²) in [5.41, 5.74) is 2.98. The summed E-state index contributed by atoms with van der Waals surface area (Å²) in [6, 6.07) is 6.47. The molecule has 0 bridgehead atoms. The highest BCUT2D eigenvalue weighted by Crippen LogP contribution is 2.35. The molecule has 8 heteroatoms. The van der Waals surface area contributed by atoms with Gasteiger partial charge in [0.1, 0.15) is 0 Å². The maximum atomic E-state index is 12.7. The summed E-state index contributed by atoms with van der Waals surface area (Å²) in [6.45, 7) is 5.96. The minimum Gasteiger partial charge on any atom is -0.462 e. The van der Waals surface area contributed by atoms with Crippen LogP contribution in [0.15, 0.2) is 35.4 Å². The van der Waals surface area contributed by atoms with Crippen LogP contribution in [0.5, 0.6) is 0 Å². The SMILES string of the molecule is CCOC(=O)c1c(C(C)C)c(-c2ccc(S(C)(=O)=O)cc2)nc2[nH]ncc12. The molecule has 0 radical (unpaired) electrons. The van der Waals surface area contributed by atoms with Crippen molar-refractivity contribution in [1.29, 1.82) is 0 Å². The van der Waals surface area contributed by atoms with Crippen molar-refractivity contribution in [1.82, 2.24) is 15.2 Å². The van der Waals surface area contributed by atoms with Crippen LogP contribution in [-0.4, -0.2) is 42.4 Å². The highest BCUT2D eigenvalue weighted by atomic mass is 32.2. The average molecular weight is 387 g/mol. The van der Waals surface area contributed by atoms with Crippen molar-refractivity contribution in [3.05, 3.63) is 41.6 Å². The van der Waals surface area contributed by atoms with Gasteiger partial charge in [0, 0.05) is 11.8 Å². The van der Waals surface area contributed by atoms with Gasteiger partial charge >= 0.3 is 5.97 Å². The summed E-state index contributed by atoms with van der Waals surface area (Å²) in [5.74, 6) is -0.440. The summed E-state index contributed by atoms with van der Waals surface area (Å²) >= 11 is 0. The first kappa shape index (κ1) is 19.0. The highest BCUT2D eigenvalue weighted by Gasteiger charge is 2.25. The molecule has 1 aromatic carbocycles. The van der Waals surface area contributed by atoms with E-state index in [0.717, 1.165) is 11.8 Å². The van der Waals surface area contributed by atoms with E-state index in [1.165, 1.54) is 12.1 Å². The Morgan fingerprint density at radius 1 is 1.22 bits per heavy atom. The Bertz CT molecular complexity index is 1100. The average Bonchev–Trinajstić information content (AvgIpc) is 3.07. The van der Waals surface area contributed by atoms with Gasteiger partial charge in [0.2, 0.25) is 0 Å². The van der Waals surface area contributed by atoms with Gasteiger partial charge in [-0.15, -0.1) is 0 Å². The van der Waals surface area contributed by atoms with E-state index >= 15 is 0 Å². The van der Waals surface area contributed by atoms with E-state index in [1.807, 2.05) is 13.8 Å². The lowest BCUT2D eigenvalue weighted by Crippen LogP contribution is -2.12. The molecule has 142 valence electrons. The van der Waals surface area contributed by atoms with E-state index in [0.29, 0.717) is 27.9 Å². The Morgan fingerprint density at radius 3 is 2.44 bits per heavy atom. The van der Waals surface area contributed by atoms with Crippen LogP contribution in [-0.2, 0) is 14.6 Å². The number of nitrogens with zero attached hydrogens (tertiary/aromatic N) is 2. The number of hydrogen-bond donors (Lipinski definition) is 1. The van der Waals surface area contributed by atoms with Crippen LogP contribution in [0.25, 0.3) is 22.3 Å². The molecule has 0 spiro atoms. The Hall–Kier alpha value is -2.74. The number of sulfone groups is 1. The number of benzene rings is 1. The third-order valence-electron chi connectivity index (χ3n) is 4.25. The van der Waals surface area contributed by atoms with Crippen LogP contribution in [0.3, 0.4) is 0 Å². The fraction of sp³-hybridized carbons (Fsp3) is 0.316. The van der Waals surface area contributed by atoms with Gasteiger partial charge < -0.3 is 4.74 Å². The lowest BCUT2D eigenvalue weighted by Gasteiger charge is -2.17. The van der Waals surface area contributed by atoms with E-state index in [2.05, 4.69) is 15.2 Å². The van der Waals surface area contributed by atoms with E-state index < -0.39 is 15.8 Å². The molecule has 0 aliphatic heterocycles. The Labute approximate surface area is 157 Å². The molecule has 0 saturated carbocycles. The predicted molar refractivity (Wildman–Crippen MR) is 102 cm³/mol. The molecule has 0 saturated heterocycles. The predicted octanol–water partition coefficient (Wildman–Crippen LogP) is 3.33. The summed E-state index contributed by atoms with van der Waals surface area (Å²) in [4.78, 5) is 17.6. The Morgan fingerprint density at radius 2 is 1.89 bits per heavy atom. The number of pyridine rings is 1. The number of H-pyrrole nitrogens is 1. The lowest BCUT2D eigenvalue weighted by molar-refractivity contribution is 0.0527. The molecule has 0 amide bonds. The molecular formula is C19H21N3O4S. The second kappa shape index (κ2) is 7.11. The number of aromatic amines is 1. The number of rotatable bonds is 5. The largest absolute Gasteiger partial charge is 0.462 e. The zero-order valence-corrected chi connectivity index (χ0v) is 16.4. The molecule has 27 heavy (non-hydrogen) atoms. The third kappa shape index (κ3) is 3.57. The number of carbonyl (C=O) groups excluding carboxylic acids is 1. The van der Waals surface area contributed by atoms with Gasteiger partial charge in [-0.25, -0.2) is 18.2 Å². The summed E-state index contributed by atoms with van der Waals surface area (Å²) < 4.78 is 28.7. The number of nitrogens with one attached hydrogen (secondary N) is 1. The van der Waals surface area contributed by atoms with Crippen LogP contribution < -0.4 is 0 Å². The van der Waals surface area contributed by atoms with Gasteiger partial charge in [0.05, 0.1) is 34.3 Å². The molecule has 0 aliphatic carbocycles. The fourth-order valence-corrected chi connectivity index (χ4v) is 3.68. The van der Waals surface area contributed by atoms with Crippen molar-refractivity contribution < 1.29 is 17.9 Å². The van der Waals surface area contributed by atoms with Crippen LogP contribution >= 0.6 is 0 Å². The number of aromatic nitrogens is 3. The van der Waals surface area contributed by atoms with Crippen molar-refractivity contribution in [2.24, 2.45) is 0 Å². The van der Waals surface area contributed by atoms with Crippen LogP contribution in [0.4, 0.5) is 0 Å². The Kier molecular flexibility index (Phi) is 5.01. The van der Waals surface area contributed by atoms with Crippen molar-refractivity contribution in [2.75, 3.05) is 12.9 Å². The standard InChI is InChI=1S/C19H21N3O4S/c1-5-26-19(23)16-14-10-20-22-18(14)21-17(15(16)11(2)3)12-6-8-13(9-7-12)27(4,24)25/h6-11H,5H2,1-4H3,(H,20,21,22). The zero-order chi connectivity index (χ0) is 19.8. The van der Waals surface area contributed by atoms with Gasteiger partial charge in [0.25, 0.3) is 0 Å². The number of carbonyl (C=O) groups is 1. The molecule has 7 nitrogen and oxygen atoms in total. The summed E-state index contributed by atoms with van der Waals surface area (Å²) in [5, 5.41) is 7.42. The first-order valence-corrected chi connectivity index (χ1v) is 10.5. The van der Waals surface area contributed by atoms with Crippen molar-refractivity contribution >= 4 is 26.8 Å². The lowest BCUT2D eigenvalue weighted by atomic mass is 9.91. The van der Waals surface area contributed by atoms with E-state index in [4.69, 9.17) is 4.74 Å². The number of fused-ring (bicyclic) bond motifs is 1. The van der Waals surface area contributed by atoms with Gasteiger partial charge in [-0.05, 0) is 30.5 Å². The number of ether oxygens (including phenoxy) is 1. The molecule has 0 unspecified atom stereocenters. The number of esters is 1. The molecular weight excluding hydrogens is 366 g/mol. The van der Waals surface area contributed by atoms with Crippen molar-refractivity contribution in [2.45, 2.75) is 31.6 Å². The first-order valence-electron chi connectivity index (χ1n) is 8.58. The smallest absolute Gasteiger partial charge is 0.339 e.